The van der Waals surface area contributed by atoms with Gasteiger partial charge in [-0.1, -0.05) is 13.3 Å². The Morgan fingerprint density at radius 3 is 2.47 bits per heavy atom. The van der Waals surface area contributed by atoms with Crippen LogP contribution in [0.2, 0.25) is 0 Å². The third kappa shape index (κ3) is 3.20. The number of ether oxygens (including phenoxy) is 2. The molecular weight excluding hydrogens is 218 g/mol. The van der Waals surface area contributed by atoms with Gasteiger partial charge in [-0.25, -0.2) is 0 Å². The van der Waals surface area contributed by atoms with E-state index in [1.54, 1.807) is 25.3 Å². The Morgan fingerprint density at radius 2 is 1.94 bits per heavy atom. The second-order valence-corrected chi connectivity index (χ2v) is 3.83. The molecule has 1 unspecified atom stereocenters. The highest BCUT2D eigenvalue weighted by Gasteiger charge is 2.16. The summed E-state index contributed by atoms with van der Waals surface area (Å²) in [6.07, 6.45) is 1.58. The number of nitrogens with two attached hydrogens (primary N) is 1. The summed E-state index contributed by atoms with van der Waals surface area (Å²) < 4.78 is 10.3. The van der Waals surface area contributed by atoms with E-state index < -0.39 is 6.04 Å². The normalized spacial score (nSPS) is 12.0. The second kappa shape index (κ2) is 6.25. The van der Waals surface area contributed by atoms with Gasteiger partial charge in [0.25, 0.3) is 0 Å². The molecule has 0 aliphatic carbocycles. The van der Waals surface area contributed by atoms with E-state index in [2.05, 4.69) is 0 Å². The monoisotopic (exact) mass is 237 g/mol. The van der Waals surface area contributed by atoms with Crippen LogP contribution < -0.4 is 15.2 Å². The molecule has 0 fully saturated rings. The van der Waals surface area contributed by atoms with Crippen LogP contribution in [0.25, 0.3) is 0 Å². The van der Waals surface area contributed by atoms with Crippen LogP contribution in [-0.2, 0) is 0 Å². The molecule has 1 aromatic carbocycles. The Labute approximate surface area is 102 Å². The fourth-order valence-corrected chi connectivity index (χ4v) is 1.65. The number of methoxy groups -OCH3 is 2. The zero-order chi connectivity index (χ0) is 12.8. The Hall–Kier alpha value is -1.55. The maximum absolute atomic E-state index is 12.0. The van der Waals surface area contributed by atoms with Crippen molar-refractivity contribution in [3.05, 3.63) is 23.8 Å². The Balaban J connectivity index is 2.95. The number of carbonyl (C=O) groups is 1. The smallest absolute Gasteiger partial charge is 0.179 e. The molecule has 0 amide bonds. The fraction of sp³-hybridized carbons (Fsp3) is 0.462. The van der Waals surface area contributed by atoms with Crippen molar-refractivity contribution < 1.29 is 14.3 Å². The van der Waals surface area contributed by atoms with E-state index in [-0.39, 0.29) is 5.78 Å². The topological polar surface area (TPSA) is 61.6 Å². The van der Waals surface area contributed by atoms with Gasteiger partial charge in [-0.3, -0.25) is 4.79 Å². The van der Waals surface area contributed by atoms with Gasteiger partial charge < -0.3 is 15.2 Å². The molecule has 0 saturated heterocycles. The number of rotatable bonds is 6. The minimum absolute atomic E-state index is 0.0622. The lowest BCUT2D eigenvalue weighted by molar-refractivity contribution is 0.0956. The number of hydrogen-bond donors (Lipinski definition) is 1. The van der Waals surface area contributed by atoms with Gasteiger partial charge in [-0.2, -0.15) is 0 Å². The van der Waals surface area contributed by atoms with Crippen LogP contribution in [0.4, 0.5) is 0 Å². The summed E-state index contributed by atoms with van der Waals surface area (Å²) in [5.74, 6) is 1.09. The molecule has 1 aromatic rings. The van der Waals surface area contributed by atoms with E-state index in [4.69, 9.17) is 15.2 Å². The van der Waals surface area contributed by atoms with E-state index in [1.165, 1.54) is 7.11 Å². The van der Waals surface area contributed by atoms with E-state index in [0.29, 0.717) is 23.5 Å². The first-order chi connectivity index (χ1) is 8.13. The number of carbonyl (C=O) groups excluding carboxylic acids is 1. The minimum Gasteiger partial charge on any atom is -0.493 e. The molecule has 1 atom stereocenters. The van der Waals surface area contributed by atoms with Crippen LogP contribution in [0.1, 0.15) is 30.1 Å². The van der Waals surface area contributed by atoms with Gasteiger partial charge in [-0.15, -0.1) is 0 Å². The number of benzene rings is 1. The lowest BCUT2D eigenvalue weighted by Gasteiger charge is -2.12. The summed E-state index contributed by atoms with van der Waals surface area (Å²) in [6.45, 7) is 2.00. The first-order valence-electron chi connectivity index (χ1n) is 5.65. The van der Waals surface area contributed by atoms with E-state index in [1.807, 2.05) is 6.92 Å². The van der Waals surface area contributed by atoms with Gasteiger partial charge in [0, 0.05) is 5.56 Å². The predicted molar refractivity (Wildman–Crippen MR) is 66.8 cm³/mol. The van der Waals surface area contributed by atoms with Gasteiger partial charge in [0.15, 0.2) is 17.3 Å². The lowest BCUT2D eigenvalue weighted by atomic mass is 10.0. The van der Waals surface area contributed by atoms with Crippen molar-refractivity contribution in [2.45, 2.75) is 25.8 Å². The SMILES string of the molecule is CCCC(N)C(=O)c1ccc(OC)c(OC)c1. The van der Waals surface area contributed by atoms with Crippen molar-refractivity contribution in [2.75, 3.05) is 14.2 Å². The van der Waals surface area contributed by atoms with Crippen molar-refractivity contribution in [2.24, 2.45) is 5.73 Å². The van der Waals surface area contributed by atoms with Crippen LogP contribution in [0.3, 0.4) is 0 Å². The quantitative estimate of drug-likeness (QED) is 0.769. The van der Waals surface area contributed by atoms with Crippen LogP contribution in [0, 0.1) is 0 Å². The van der Waals surface area contributed by atoms with Gasteiger partial charge in [-0.05, 0) is 24.6 Å². The van der Waals surface area contributed by atoms with Crippen molar-refractivity contribution >= 4 is 5.78 Å². The van der Waals surface area contributed by atoms with Gasteiger partial charge in [0.05, 0.1) is 20.3 Å². The molecule has 94 valence electrons. The van der Waals surface area contributed by atoms with Crippen molar-refractivity contribution in [3.8, 4) is 11.5 Å². The van der Waals surface area contributed by atoms with Gasteiger partial charge >= 0.3 is 0 Å². The Morgan fingerprint density at radius 1 is 1.29 bits per heavy atom. The molecule has 4 nitrogen and oxygen atoms in total. The molecule has 0 aliphatic heterocycles. The minimum atomic E-state index is -0.446. The van der Waals surface area contributed by atoms with Crippen LogP contribution in [-0.4, -0.2) is 26.0 Å². The van der Waals surface area contributed by atoms with E-state index in [9.17, 15) is 4.79 Å². The van der Waals surface area contributed by atoms with Crippen molar-refractivity contribution in [1.29, 1.82) is 0 Å². The third-order valence-electron chi connectivity index (χ3n) is 2.60. The van der Waals surface area contributed by atoms with Gasteiger partial charge in [0.2, 0.25) is 0 Å². The van der Waals surface area contributed by atoms with Gasteiger partial charge in [0.1, 0.15) is 0 Å². The fourth-order valence-electron chi connectivity index (χ4n) is 1.65. The lowest BCUT2D eigenvalue weighted by Crippen LogP contribution is -2.30. The van der Waals surface area contributed by atoms with Crippen molar-refractivity contribution in [3.63, 3.8) is 0 Å². The first kappa shape index (κ1) is 13.5. The molecule has 0 aromatic heterocycles. The summed E-state index contributed by atoms with van der Waals surface area (Å²) in [7, 11) is 3.10. The largest absolute Gasteiger partial charge is 0.493 e. The second-order valence-electron chi connectivity index (χ2n) is 3.83. The third-order valence-corrected chi connectivity index (χ3v) is 2.60. The highest BCUT2D eigenvalue weighted by molar-refractivity contribution is 6.00. The van der Waals surface area contributed by atoms with Crippen LogP contribution in [0.5, 0.6) is 11.5 Å². The zero-order valence-electron chi connectivity index (χ0n) is 10.5. The Kier molecular flexibility index (Phi) is 4.97. The summed E-state index contributed by atoms with van der Waals surface area (Å²) in [5.41, 5.74) is 6.36. The summed E-state index contributed by atoms with van der Waals surface area (Å²) in [6, 6.07) is 4.64. The zero-order valence-corrected chi connectivity index (χ0v) is 10.5. The Bertz CT molecular complexity index is 390. The molecule has 0 aliphatic rings. The summed E-state index contributed by atoms with van der Waals surface area (Å²) in [5, 5.41) is 0. The molecule has 0 saturated carbocycles. The molecule has 0 radical (unpaired) electrons. The van der Waals surface area contributed by atoms with Crippen LogP contribution in [0.15, 0.2) is 18.2 Å². The standard InChI is InChI=1S/C13H19NO3/c1-4-5-10(14)13(15)9-6-7-11(16-2)12(8-9)17-3/h6-8,10H,4-5,14H2,1-3H3. The summed E-state index contributed by atoms with van der Waals surface area (Å²) >= 11 is 0. The molecule has 0 bridgehead atoms. The molecule has 0 heterocycles. The maximum Gasteiger partial charge on any atom is 0.179 e. The average Bonchev–Trinajstić information content (AvgIpc) is 2.37. The average molecular weight is 237 g/mol. The van der Waals surface area contributed by atoms with E-state index in [0.717, 1.165) is 6.42 Å². The number of ketones is 1. The van der Waals surface area contributed by atoms with Crippen LogP contribution >= 0.6 is 0 Å². The maximum atomic E-state index is 12.0. The first-order valence-corrected chi connectivity index (χ1v) is 5.65. The molecule has 1 rings (SSSR count). The van der Waals surface area contributed by atoms with Crippen molar-refractivity contribution in [1.82, 2.24) is 0 Å². The molecule has 2 N–H and O–H groups in total. The molecule has 0 spiro atoms. The number of hydrogen-bond acceptors (Lipinski definition) is 4. The highest BCUT2D eigenvalue weighted by atomic mass is 16.5. The summed E-state index contributed by atoms with van der Waals surface area (Å²) in [4.78, 5) is 12.0. The van der Waals surface area contributed by atoms with E-state index >= 15 is 0 Å². The molecule has 17 heavy (non-hydrogen) atoms. The molecule has 4 heteroatoms. The number of Topliss-reactive ketones (excluding diaryl/α,β-unsaturated/α-hetero) is 1. The predicted octanol–water partition coefficient (Wildman–Crippen LogP) is 2.01. The molecular formula is C13H19NO3. The highest BCUT2D eigenvalue weighted by Crippen LogP contribution is 2.28.